The van der Waals surface area contributed by atoms with Gasteiger partial charge in [0.25, 0.3) is 0 Å². The fourth-order valence-electron chi connectivity index (χ4n) is 3.13. The van der Waals surface area contributed by atoms with E-state index >= 15 is 0 Å². The fraction of sp³-hybridized carbons (Fsp3) is 0.588. The maximum Gasteiger partial charge on any atom is 0.320 e. The molecular formula is C17H23N5OS. The minimum atomic E-state index is -0.178. The van der Waals surface area contributed by atoms with Crippen molar-refractivity contribution in [1.82, 2.24) is 20.1 Å². The molecule has 7 heteroatoms. The molecule has 0 bridgehead atoms. The lowest BCUT2D eigenvalue weighted by atomic mass is 9.83. The molecule has 2 amide bonds. The number of anilines is 1. The third-order valence-corrected chi connectivity index (χ3v) is 5.99. The number of carbonyl (C=O) groups is 1. The summed E-state index contributed by atoms with van der Waals surface area (Å²) in [5.74, 6) is 1.82. The Balaban J connectivity index is 1.43. The van der Waals surface area contributed by atoms with Crippen LogP contribution < -0.4 is 10.6 Å². The second-order valence-corrected chi connectivity index (χ2v) is 7.84. The van der Waals surface area contributed by atoms with Gasteiger partial charge in [0, 0.05) is 30.1 Å². The van der Waals surface area contributed by atoms with E-state index in [4.69, 9.17) is 0 Å². The number of amides is 2. The van der Waals surface area contributed by atoms with Gasteiger partial charge in [-0.3, -0.25) is 10.00 Å². The number of hydrogen-bond donors (Lipinski definition) is 2. The van der Waals surface area contributed by atoms with Crippen molar-refractivity contribution in [3.63, 3.8) is 0 Å². The lowest BCUT2D eigenvalue weighted by Gasteiger charge is -2.22. The SMILES string of the molecule is Cc1csc(C(NC(=O)Nc2cc(C3CCC3)nn2C)C2CC2)n1. The summed E-state index contributed by atoms with van der Waals surface area (Å²) in [4.78, 5) is 17.0. The number of thiazole rings is 1. The molecule has 4 rings (SSSR count). The van der Waals surface area contributed by atoms with Crippen molar-refractivity contribution in [2.75, 3.05) is 5.32 Å². The zero-order valence-electron chi connectivity index (χ0n) is 14.1. The summed E-state index contributed by atoms with van der Waals surface area (Å²) in [6.45, 7) is 1.99. The fourth-order valence-corrected chi connectivity index (χ4v) is 4.07. The van der Waals surface area contributed by atoms with Gasteiger partial charge in [0.2, 0.25) is 0 Å². The summed E-state index contributed by atoms with van der Waals surface area (Å²) in [5, 5.41) is 13.6. The van der Waals surface area contributed by atoms with Crippen molar-refractivity contribution >= 4 is 23.2 Å². The number of aryl methyl sites for hydroxylation is 2. The van der Waals surface area contributed by atoms with Crippen molar-refractivity contribution in [1.29, 1.82) is 0 Å². The molecule has 2 aromatic heterocycles. The summed E-state index contributed by atoms with van der Waals surface area (Å²) in [5.41, 5.74) is 2.10. The van der Waals surface area contributed by atoms with Crippen LogP contribution in [-0.2, 0) is 7.05 Å². The summed E-state index contributed by atoms with van der Waals surface area (Å²) >= 11 is 1.62. The van der Waals surface area contributed by atoms with Crippen LogP contribution in [0.5, 0.6) is 0 Å². The molecule has 0 spiro atoms. The molecule has 128 valence electrons. The van der Waals surface area contributed by atoms with Gasteiger partial charge >= 0.3 is 6.03 Å². The standard InChI is InChI=1S/C17H23N5OS/c1-10-9-24-16(18-10)15(12-6-7-12)20-17(23)19-14-8-13(21-22(14)2)11-4-3-5-11/h8-9,11-12,15H,3-7H2,1-2H3,(H2,19,20,23). The zero-order valence-corrected chi connectivity index (χ0v) is 14.9. The Morgan fingerprint density at radius 2 is 2.17 bits per heavy atom. The Morgan fingerprint density at radius 3 is 2.75 bits per heavy atom. The van der Waals surface area contributed by atoms with Crippen molar-refractivity contribution < 1.29 is 4.79 Å². The van der Waals surface area contributed by atoms with E-state index < -0.39 is 0 Å². The molecule has 1 atom stereocenters. The first-order valence-electron chi connectivity index (χ1n) is 8.63. The molecule has 24 heavy (non-hydrogen) atoms. The largest absolute Gasteiger partial charge is 0.328 e. The number of nitrogens with zero attached hydrogens (tertiary/aromatic N) is 3. The minimum absolute atomic E-state index is 0.0167. The molecule has 0 aliphatic heterocycles. The smallest absolute Gasteiger partial charge is 0.320 e. The molecule has 2 heterocycles. The van der Waals surface area contributed by atoms with Crippen LogP contribution in [0.15, 0.2) is 11.4 Å². The lowest BCUT2D eigenvalue weighted by molar-refractivity contribution is 0.247. The van der Waals surface area contributed by atoms with Crippen LogP contribution in [0, 0.1) is 12.8 Å². The second kappa shape index (κ2) is 6.20. The van der Waals surface area contributed by atoms with E-state index in [-0.39, 0.29) is 12.1 Å². The van der Waals surface area contributed by atoms with Gasteiger partial charge in [-0.15, -0.1) is 11.3 Å². The highest BCUT2D eigenvalue weighted by molar-refractivity contribution is 7.09. The minimum Gasteiger partial charge on any atom is -0.328 e. The topological polar surface area (TPSA) is 71.8 Å². The highest BCUT2D eigenvalue weighted by Gasteiger charge is 2.35. The van der Waals surface area contributed by atoms with Crippen LogP contribution in [0.1, 0.15) is 60.5 Å². The van der Waals surface area contributed by atoms with Crippen LogP contribution in [0.25, 0.3) is 0 Å². The number of hydrogen-bond acceptors (Lipinski definition) is 4. The third-order valence-electron chi connectivity index (χ3n) is 4.95. The molecule has 0 aromatic carbocycles. The normalized spacial score (nSPS) is 18.9. The molecule has 2 aliphatic rings. The Kier molecular flexibility index (Phi) is 4.04. The molecule has 2 fully saturated rings. The highest BCUT2D eigenvalue weighted by atomic mass is 32.1. The van der Waals surface area contributed by atoms with Crippen LogP contribution in [0.4, 0.5) is 10.6 Å². The number of aromatic nitrogens is 3. The first kappa shape index (κ1) is 15.6. The zero-order chi connectivity index (χ0) is 16.7. The van der Waals surface area contributed by atoms with Gasteiger partial charge in [-0.1, -0.05) is 6.42 Å². The monoisotopic (exact) mass is 345 g/mol. The first-order chi connectivity index (χ1) is 11.6. The van der Waals surface area contributed by atoms with E-state index in [2.05, 4.69) is 20.7 Å². The molecule has 2 aliphatic carbocycles. The van der Waals surface area contributed by atoms with Gasteiger partial charge in [0.05, 0.1) is 11.7 Å². The first-order valence-corrected chi connectivity index (χ1v) is 9.51. The summed E-state index contributed by atoms with van der Waals surface area (Å²) in [7, 11) is 1.88. The van der Waals surface area contributed by atoms with E-state index in [9.17, 15) is 4.79 Å². The Morgan fingerprint density at radius 1 is 1.38 bits per heavy atom. The highest BCUT2D eigenvalue weighted by Crippen LogP contribution is 2.42. The third kappa shape index (κ3) is 3.17. The Labute approximate surface area is 145 Å². The van der Waals surface area contributed by atoms with Crippen LogP contribution in [0.2, 0.25) is 0 Å². The van der Waals surface area contributed by atoms with Crippen molar-refractivity contribution in [2.24, 2.45) is 13.0 Å². The van der Waals surface area contributed by atoms with E-state index in [0.29, 0.717) is 11.8 Å². The van der Waals surface area contributed by atoms with Gasteiger partial charge in [0.15, 0.2) is 0 Å². The molecule has 1 unspecified atom stereocenters. The van der Waals surface area contributed by atoms with E-state index in [0.717, 1.165) is 35.1 Å². The number of urea groups is 1. The average molecular weight is 345 g/mol. The summed E-state index contributed by atoms with van der Waals surface area (Å²) < 4.78 is 1.76. The number of nitrogens with one attached hydrogen (secondary N) is 2. The maximum atomic E-state index is 12.5. The van der Waals surface area contributed by atoms with Gasteiger partial charge in [-0.2, -0.15) is 5.10 Å². The van der Waals surface area contributed by atoms with Crippen LogP contribution in [-0.4, -0.2) is 20.8 Å². The van der Waals surface area contributed by atoms with Gasteiger partial charge < -0.3 is 5.32 Å². The molecule has 6 nitrogen and oxygen atoms in total. The van der Waals surface area contributed by atoms with E-state index in [1.165, 1.54) is 19.3 Å². The maximum absolute atomic E-state index is 12.5. The lowest BCUT2D eigenvalue weighted by Crippen LogP contribution is -2.34. The van der Waals surface area contributed by atoms with Crippen LogP contribution in [0.3, 0.4) is 0 Å². The molecule has 2 saturated carbocycles. The van der Waals surface area contributed by atoms with Crippen molar-refractivity contribution in [2.45, 2.75) is 51.0 Å². The van der Waals surface area contributed by atoms with Gasteiger partial charge in [0.1, 0.15) is 10.8 Å². The van der Waals surface area contributed by atoms with Crippen molar-refractivity contribution in [3.8, 4) is 0 Å². The second-order valence-electron chi connectivity index (χ2n) is 6.95. The summed E-state index contributed by atoms with van der Waals surface area (Å²) in [6, 6.07) is 1.84. The van der Waals surface area contributed by atoms with Gasteiger partial charge in [-0.05, 0) is 38.5 Å². The molecule has 0 saturated heterocycles. The molecule has 2 aromatic rings. The summed E-state index contributed by atoms with van der Waals surface area (Å²) in [6.07, 6.45) is 5.99. The molecule has 2 N–H and O–H groups in total. The quantitative estimate of drug-likeness (QED) is 0.867. The average Bonchev–Trinajstić information content (AvgIpc) is 3.14. The Bertz CT molecular complexity index is 744. The van der Waals surface area contributed by atoms with E-state index in [1.807, 2.05) is 25.4 Å². The predicted octanol–water partition coefficient (Wildman–Crippen LogP) is 3.73. The Hall–Kier alpha value is -1.89. The van der Waals surface area contributed by atoms with Crippen LogP contribution >= 0.6 is 11.3 Å². The van der Waals surface area contributed by atoms with Gasteiger partial charge in [-0.25, -0.2) is 9.78 Å². The number of carbonyl (C=O) groups excluding carboxylic acids is 1. The molecular weight excluding hydrogens is 322 g/mol. The number of rotatable bonds is 5. The predicted molar refractivity (Wildman–Crippen MR) is 94.3 cm³/mol. The molecule has 0 radical (unpaired) electrons. The van der Waals surface area contributed by atoms with E-state index in [1.54, 1.807) is 16.0 Å². The van der Waals surface area contributed by atoms with Crippen molar-refractivity contribution in [3.05, 3.63) is 27.8 Å².